The van der Waals surface area contributed by atoms with Gasteiger partial charge in [0.15, 0.2) is 0 Å². The molecule has 0 fully saturated rings. The highest BCUT2D eigenvalue weighted by atomic mass is 79.9. The summed E-state index contributed by atoms with van der Waals surface area (Å²) in [5, 5.41) is 2.97. The van der Waals surface area contributed by atoms with Gasteiger partial charge in [0.25, 0.3) is 5.91 Å². The lowest BCUT2D eigenvalue weighted by Gasteiger charge is -2.22. The van der Waals surface area contributed by atoms with Gasteiger partial charge in [0, 0.05) is 33.7 Å². The van der Waals surface area contributed by atoms with E-state index in [9.17, 15) is 4.79 Å². The van der Waals surface area contributed by atoms with Crippen molar-refractivity contribution in [3.8, 4) is 5.75 Å². The van der Waals surface area contributed by atoms with E-state index < -0.39 is 0 Å². The highest BCUT2D eigenvalue weighted by Crippen LogP contribution is 2.33. The number of carbonyl (C=O) groups is 1. The van der Waals surface area contributed by atoms with E-state index in [-0.39, 0.29) is 11.9 Å². The summed E-state index contributed by atoms with van der Waals surface area (Å²) < 4.78 is 9.37. The number of ether oxygens (including phenoxy) is 1. The minimum atomic E-state index is -0.150. The molecule has 5 nitrogen and oxygen atoms in total. The summed E-state index contributed by atoms with van der Waals surface area (Å²) in [6.07, 6.45) is 7.42. The van der Waals surface area contributed by atoms with Gasteiger partial charge in [-0.3, -0.25) is 4.79 Å². The Morgan fingerprint density at radius 1 is 1.09 bits per heavy atom. The SMILES string of the molecule is CCCC(c1cc(C(=O)Nc2ccccc2)ccc1OCc1ccc(Br)cc1)n1ccnc1. The topological polar surface area (TPSA) is 56.1 Å². The summed E-state index contributed by atoms with van der Waals surface area (Å²) in [6, 6.07) is 23.2. The fourth-order valence-corrected chi connectivity index (χ4v) is 4.00. The number of benzene rings is 3. The predicted molar refractivity (Wildman–Crippen MR) is 135 cm³/mol. The molecule has 1 amide bonds. The van der Waals surface area contributed by atoms with Gasteiger partial charge in [-0.25, -0.2) is 4.98 Å². The largest absolute Gasteiger partial charge is 0.489 e. The Hall–Kier alpha value is -3.38. The second kappa shape index (κ2) is 11.0. The highest BCUT2D eigenvalue weighted by Gasteiger charge is 2.20. The summed E-state index contributed by atoms with van der Waals surface area (Å²) in [5.74, 6) is 0.615. The van der Waals surface area contributed by atoms with Crippen LogP contribution in [0.4, 0.5) is 5.69 Å². The fraction of sp³-hybridized carbons (Fsp3) is 0.185. The molecular weight excluding hydrogens is 478 g/mol. The van der Waals surface area contributed by atoms with Crippen molar-refractivity contribution in [3.63, 3.8) is 0 Å². The number of anilines is 1. The summed E-state index contributed by atoms with van der Waals surface area (Å²) >= 11 is 3.47. The van der Waals surface area contributed by atoms with Gasteiger partial charge in [-0.15, -0.1) is 0 Å². The van der Waals surface area contributed by atoms with E-state index >= 15 is 0 Å². The van der Waals surface area contributed by atoms with Crippen molar-refractivity contribution in [1.29, 1.82) is 0 Å². The van der Waals surface area contributed by atoms with Crippen LogP contribution in [0.25, 0.3) is 0 Å². The monoisotopic (exact) mass is 503 g/mol. The molecule has 0 radical (unpaired) electrons. The van der Waals surface area contributed by atoms with Crippen molar-refractivity contribution < 1.29 is 9.53 Å². The molecule has 0 spiro atoms. The van der Waals surface area contributed by atoms with E-state index in [4.69, 9.17) is 4.74 Å². The minimum absolute atomic E-state index is 0.0156. The zero-order valence-electron chi connectivity index (χ0n) is 18.4. The maximum absolute atomic E-state index is 13.0. The summed E-state index contributed by atoms with van der Waals surface area (Å²) in [5.41, 5.74) is 3.39. The zero-order chi connectivity index (χ0) is 23.0. The van der Waals surface area contributed by atoms with Crippen molar-refractivity contribution >= 4 is 27.5 Å². The number of rotatable bonds is 9. The third-order valence-corrected chi connectivity index (χ3v) is 5.95. The van der Waals surface area contributed by atoms with Crippen LogP contribution in [0.15, 0.2) is 96.0 Å². The van der Waals surface area contributed by atoms with E-state index in [1.165, 1.54) is 0 Å². The fourth-order valence-electron chi connectivity index (χ4n) is 3.74. The summed E-state index contributed by atoms with van der Waals surface area (Å²) in [4.78, 5) is 17.2. The molecule has 1 aromatic heterocycles. The molecule has 6 heteroatoms. The van der Waals surface area contributed by atoms with Gasteiger partial charge in [0.2, 0.25) is 0 Å². The molecule has 0 aliphatic rings. The molecule has 0 aliphatic carbocycles. The van der Waals surface area contributed by atoms with Crippen LogP contribution in [0.5, 0.6) is 5.75 Å². The molecule has 4 aromatic rings. The predicted octanol–water partition coefficient (Wildman–Crippen LogP) is 6.87. The van der Waals surface area contributed by atoms with Crippen molar-refractivity contribution in [2.24, 2.45) is 0 Å². The van der Waals surface area contributed by atoms with Crippen LogP contribution in [-0.4, -0.2) is 15.5 Å². The molecule has 1 unspecified atom stereocenters. The van der Waals surface area contributed by atoms with Crippen LogP contribution < -0.4 is 10.1 Å². The molecule has 4 rings (SSSR count). The van der Waals surface area contributed by atoms with Gasteiger partial charge in [-0.1, -0.05) is 59.6 Å². The molecule has 3 aromatic carbocycles. The Bertz CT molecular complexity index is 1180. The first-order valence-electron chi connectivity index (χ1n) is 11.0. The quantitative estimate of drug-likeness (QED) is 0.271. The first-order chi connectivity index (χ1) is 16.1. The standard InChI is InChI=1S/C27H26BrN3O2/c1-2-6-25(31-16-15-29-19-31)24-17-21(27(32)30-23-7-4-3-5-8-23)11-14-26(24)33-18-20-9-12-22(28)13-10-20/h3-5,7-17,19,25H,2,6,18H2,1H3,(H,30,32). The van der Waals surface area contributed by atoms with Gasteiger partial charge in [-0.05, 0) is 54.4 Å². The normalized spacial score (nSPS) is 11.7. The first-order valence-corrected chi connectivity index (χ1v) is 11.8. The Labute approximate surface area is 202 Å². The zero-order valence-corrected chi connectivity index (χ0v) is 20.0. The van der Waals surface area contributed by atoms with Gasteiger partial charge < -0.3 is 14.6 Å². The lowest BCUT2D eigenvalue weighted by atomic mass is 9.98. The molecule has 0 saturated heterocycles. The average Bonchev–Trinajstić information content (AvgIpc) is 3.37. The molecule has 1 heterocycles. The number of amides is 1. The number of nitrogens with one attached hydrogen (secondary N) is 1. The smallest absolute Gasteiger partial charge is 0.255 e. The van der Waals surface area contributed by atoms with E-state index in [0.29, 0.717) is 12.2 Å². The van der Waals surface area contributed by atoms with Crippen molar-refractivity contribution in [3.05, 3.63) is 113 Å². The molecule has 0 saturated carbocycles. The molecule has 1 atom stereocenters. The van der Waals surface area contributed by atoms with E-state index in [2.05, 4.69) is 37.7 Å². The van der Waals surface area contributed by atoms with Crippen LogP contribution in [-0.2, 0) is 6.61 Å². The molecule has 0 bridgehead atoms. The number of hydrogen-bond donors (Lipinski definition) is 1. The maximum atomic E-state index is 13.0. The molecular formula is C27H26BrN3O2. The molecule has 168 valence electrons. The van der Waals surface area contributed by atoms with E-state index in [0.717, 1.165) is 39.9 Å². The number of halogens is 1. The molecule has 33 heavy (non-hydrogen) atoms. The Morgan fingerprint density at radius 2 is 1.88 bits per heavy atom. The average molecular weight is 504 g/mol. The van der Waals surface area contributed by atoms with Crippen LogP contribution in [0, 0.1) is 0 Å². The third kappa shape index (κ3) is 5.90. The van der Waals surface area contributed by atoms with Gasteiger partial charge in [-0.2, -0.15) is 0 Å². The second-order valence-corrected chi connectivity index (χ2v) is 8.72. The number of carbonyl (C=O) groups excluding carboxylic acids is 1. The third-order valence-electron chi connectivity index (χ3n) is 5.42. The Morgan fingerprint density at radius 3 is 2.58 bits per heavy atom. The number of imidazole rings is 1. The van der Waals surface area contributed by atoms with Gasteiger partial charge >= 0.3 is 0 Å². The number of para-hydroxylation sites is 1. The maximum Gasteiger partial charge on any atom is 0.255 e. The first kappa shape index (κ1) is 22.8. The van der Waals surface area contributed by atoms with Crippen LogP contribution >= 0.6 is 15.9 Å². The lowest BCUT2D eigenvalue weighted by molar-refractivity contribution is 0.102. The molecule has 1 N–H and O–H groups in total. The Balaban J connectivity index is 1.65. The lowest BCUT2D eigenvalue weighted by Crippen LogP contribution is -2.15. The van der Waals surface area contributed by atoms with E-state index in [1.54, 1.807) is 6.20 Å². The van der Waals surface area contributed by atoms with Crippen molar-refractivity contribution in [2.75, 3.05) is 5.32 Å². The highest BCUT2D eigenvalue weighted by molar-refractivity contribution is 9.10. The van der Waals surface area contributed by atoms with E-state index in [1.807, 2.05) is 85.3 Å². The minimum Gasteiger partial charge on any atom is -0.489 e. The summed E-state index contributed by atoms with van der Waals surface area (Å²) in [7, 11) is 0. The van der Waals surface area contributed by atoms with Crippen LogP contribution in [0.1, 0.15) is 47.3 Å². The number of nitrogens with zero attached hydrogens (tertiary/aromatic N) is 2. The van der Waals surface area contributed by atoms with Gasteiger partial charge in [0.05, 0.1) is 12.4 Å². The van der Waals surface area contributed by atoms with Crippen molar-refractivity contribution in [1.82, 2.24) is 9.55 Å². The number of hydrogen-bond acceptors (Lipinski definition) is 3. The van der Waals surface area contributed by atoms with Crippen LogP contribution in [0.3, 0.4) is 0 Å². The summed E-state index contributed by atoms with van der Waals surface area (Å²) in [6.45, 7) is 2.59. The van der Waals surface area contributed by atoms with Gasteiger partial charge in [0.1, 0.15) is 12.4 Å². The second-order valence-electron chi connectivity index (χ2n) is 7.80. The molecule has 0 aliphatic heterocycles. The van der Waals surface area contributed by atoms with Crippen molar-refractivity contribution in [2.45, 2.75) is 32.4 Å². The Kier molecular flexibility index (Phi) is 7.58. The van der Waals surface area contributed by atoms with Crippen LogP contribution in [0.2, 0.25) is 0 Å². The number of aromatic nitrogens is 2.